The fourth-order valence-electron chi connectivity index (χ4n) is 3.43. The second-order valence-electron chi connectivity index (χ2n) is 6.74. The molecule has 2 amide bonds. The molecule has 0 saturated carbocycles. The Bertz CT molecular complexity index is 1080. The van der Waals surface area contributed by atoms with Crippen LogP contribution in [0.2, 0.25) is 0 Å². The van der Waals surface area contributed by atoms with Crippen LogP contribution in [-0.4, -0.2) is 57.2 Å². The highest BCUT2D eigenvalue weighted by Crippen LogP contribution is 2.34. The highest BCUT2D eigenvalue weighted by Gasteiger charge is 2.32. The lowest BCUT2D eigenvalue weighted by molar-refractivity contribution is -0.137. The van der Waals surface area contributed by atoms with Gasteiger partial charge >= 0.3 is 6.18 Å². The summed E-state index contributed by atoms with van der Waals surface area (Å²) in [6.07, 6.45) is -2.80. The third kappa shape index (κ3) is 3.59. The van der Waals surface area contributed by atoms with E-state index >= 15 is 0 Å². The van der Waals surface area contributed by atoms with E-state index in [4.69, 9.17) is 0 Å². The molecular formula is C19H17F3N4O2S. The number of piperazine rings is 1. The maximum atomic E-state index is 13.2. The van der Waals surface area contributed by atoms with Gasteiger partial charge in [0.1, 0.15) is 0 Å². The Labute approximate surface area is 168 Å². The molecule has 152 valence electrons. The van der Waals surface area contributed by atoms with Crippen LogP contribution in [0.4, 0.5) is 13.2 Å². The molecule has 0 unspecified atom stereocenters. The number of imidazole rings is 1. The molecule has 0 radical (unpaired) electrons. The van der Waals surface area contributed by atoms with Gasteiger partial charge in [0, 0.05) is 50.2 Å². The Morgan fingerprint density at radius 3 is 2.45 bits per heavy atom. The van der Waals surface area contributed by atoms with E-state index in [1.807, 2.05) is 0 Å². The van der Waals surface area contributed by atoms with Gasteiger partial charge in [-0.1, -0.05) is 12.1 Å². The van der Waals surface area contributed by atoms with Crippen molar-refractivity contribution in [2.45, 2.75) is 13.1 Å². The van der Waals surface area contributed by atoms with Gasteiger partial charge in [0.05, 0.1) is 11.3 Å². The molecule has 0 bridgehead atoms. The number of amides is 2. The number of carbonyl (C=O) groups is 2. The van der Waals surface area contributed by atoms with Gasteiger partial charge < -0.3 is 9.80 Å². The molecule has 1 saturated heterocycles. The Kier molecular flexibility index (Phi) is 4.81. The lowest BCUT2D eigenvalue weighted by Crippen LogP contribution is -2.50. The van der Waals surface area contributed by atoms with Crippen LogP contribution in [0, 0.1) is 0 Å². The van der Waals surface area contributed by atoms with Gasteiger partial charge in [-0.3, -0.25) is 14.0 Å². The first kappa shape index (κ1) is 19.4. The van der Waals surface area contributed by atoms with Gasteiger partial charge in [0.15, 0.2) is 10.7 Å². The van der Waals surface area contributed by atoms with Crippen molar-refractivity contribution in [3.8, 4) is 11.3 Å². The smallest absolute Gasteiger partial charge is 0.339 e. The molecular weight excluding hydrogens is 405 g/mol. The van der Waals surface area contributed by atoms with E-state index in [0.29, 0.717) is 36.8 Å². The van der Waals surface area contributed by atoms with Gasteiger partial charge in [-0.25, -0.2) is 4.98 Å². The molecule has 1 aliphatic heterocycles. The number of hydrogen-bond acceptors (Lipinski definition) is 4. The highest BCUT2D eigenvalue weighted by molar-refractivity contribution is 7.15. The van der Waals surface area contributed by atoms with Crippen molar-refractivity contribution in [2.75, 3.05) is 26.2 Å². The van der Waals surface area contributed by atoms with E-state index < -0.39 is 11.7 Å². The van der Waals surface area contributed by atoms with Gasteiger partial charge in [0.2, 0.25) is 5.91 Å². The summed E-state index contributed by atoms with van der Waals surface area (Å²) in [7, 11) is 0. The van der Waals surface area contributed by atoms with Crippen LogP contribution in [0.5, 0.6) is 0 Å². The molecule has 1 fully saturated rings. The largest absolute Gasteiger partial charge is 0.416 e. The summed E-state index contributed by atoms with van der Waals surface area (Å²) in [6, 6.07) is 4.90. The van der Waals surface area contributed by atoms with Crippen molar-refractivity contribution >= 4 is 28.1 Å². The number of carbonyl (C=O) groups excluding carboxylic acids is 2. The van der Waals surface area contributed by atoms with Crippen molar-refractivity contribution in [2.24, 2.45) is 0 Å². The van der Waals surface area contributed by atoms with Gasteiger partial charge in [-0.05, 0) is 12.1 Å². The first-order chi connectivity index (χ1) is 13.8. The SMILES string of the molecule is CC(=O)N1CCN(C(=O)c2nc3sccn3c2-c2cccc(C(F)(F)F)c2)CC1. The molecule has 2 aromatic heterocycles. The molecule has 6 nitrogen and oxygen atoms in total. The minimum atomic E-state index is -4.48. The number of fused-ring (bicyclic) bond motifs is 1. The number of rotatable bonds is 2. The molecule has 3 aromatic rings. The Balaban J connectivity index is 1.73. The quantitative estimate of drug-likeness (QED) is 0.636. The summed E-state index contributed by atoms with van der Waals surface area (Å²) in [5.74, 6) is -0.402. The summed E-state index contributed by atoms with van der Waals surface area (Å²) < 4.78 is 41.2. The summed E-state index contributed by atoms with van der Waals surface area (Å²) >= 11 is 1.30. The first-order valence-electron chi connectivity index (χ1n) is 8.93. The van der Waals surface area contributed by atoms with Crippen molar-refractivity contribution in [3.05, 3.63) is 47.1 Å². The number of aromatic nitrogens is 2. The Morgan fingerprint density at radius 1 is 1.10 bits per heavy atom. The minimum Gasteiger partial charge on any atom is -0.339 e. The van der Waals surface area contributed by atoms with E-state index in [-0.39, 0.29) is 23.1 Å². The van der Waals surface area contributed by atoms with Crippen LogP contribution in [0.3, 0.4) is 0 Å². The third-order valence-electron chi connectivity index (χ3n) is 4.94. The number of hydrogen-bond donors (Lipinski definition) is 0. The molecule has 1 aliphatic rings. The summed E-state index contributed by atoms with van der Waals surface area (Å²) in [5, 5.41) is 1.76. The fourth-order valence-corrected chi connectivity index (χ4v) is 4.14. The van der Waals surface area contributed by atoms with Crippen LogP contribution in [0.15, 0.2) is 35.8 Å². The van der Waals surface area contributed by atoms with Crippen LogP contribution in [-0.2, 0) is 11.0 Å². The van der Waals surface area contributed by atoms with Crippen molar-refractivity contribution in [1.82, 2.24) is 19.2 Å². The van der Waals surface area contributed by atoms with Gasteiger partial charge in [0.25, 0.3) is 5.91 Å². The van der Waals surface area contributed by atoms with Crippen LogP contribution in [0.1, 0.15) is 23.0 Å². The van der Waals surface area contributed by atoms with E-state index in [1.165, 1.54) is 24.3 Å². The molecule has 4 rings (SSSR count). The summed E-state index contributed by atoms with van der Waals surface area (Å²) in [4.78, 5) is 32.8. The molecule has 0 spiro atoms. The van der Waals surface area contributed by atoms with Crippen molar-refractivity contribution in [3.63, 3.8) is 0 Å². The monoisotopic (exact) mass is 422 g/mol. The number of thiazole rings is 1. The second kappa shape index (κ2) is 7.18. The van der Waals surface area contributed by atoms with Gasteiger partial charge in [-0.15, -0.1) is 11.3 Å². The highest BCUT2D eigenvalue weighted by atomic mass is 32.1. The Hall–Kier alpha value is -2.88. The van der Waals surface area contributed by atoms with Crippen LogP contribution in [0.25, 0.3) is 16.2 Å². The average Bonchev–Trinajstić information content (AvgIpc) is 3.28. The van der Waals surface area contributed by atoms with E-state index in [1.54, 1.807) is 31.8 Å². The van der Waals surface area contributed by atoms with E-state index in [0.717, 1.165) is 12.1 Å². The van der Waals surface area contributed by atoms with E-state index in [2.05, 4.69) is 4.98 Å². The lowest BCUT2D eigenvalue weighted by Gasteiger charge is -2.34. The average molecular weight is 422 g/mol. The van der Waals surface area contributed by atoms with E-state index in [9.17, 15) is 22.8 Å². The predicted molar refractivity (Wildman–Crippen MR) is 102 cm³/mol. The maximum Gasteiger partial charge on any atom is 0.416 e. The predicted octanol–water partition coefficient (Wildman–Crippen LogP) is 3.39. The normalized spacial score (nSPS) is 15.2. The minimum absolute atomic E-state index is 0.0516. The molecule has 1 aromatic carbocycles. The molecule has 3 heterocycles. The molecule has 0 N–H and O–H groups in total. The number of nitrogens with zero attached hydrogens (tertiary/aromatic N) is 4. The molecule has 0 atom stereocenters. The lowest BCUT2D eigenvalue weighted by atomic mass is 10.1. The van der Waals surface area contributed by atoms with Gasteiger partial charge in [-0.2, -0.15) is 13.2 Å². The zero-order valence-corrected chi connectivity index (χ0v) is 16.3. The number of benzene rings is 1. The first-order valence-corrected chi connectivity index (χ1v) is 9.81. The molecule has 29 heavy (non-hydrogen) atoms. The number of halogens is 3. The zero-order chi connectivity index (χ0) is 20.8. The van der Waals surface area contributed by atoms with Crippen LogP contribution < -0.4 is 0 Å². The van der Waals surface area contributed by atoms with Crippen molar-refractivity contribution < 1.29 is 22.8 Å². The zero-order valence-electron chi connectivity index (χ0n) is 15.4. The van der Waals surface area contributed by atoms with Crippen molar-refractivity contribution in [1.29, 1.82) is 0 Å². The molecule has 10 heteroatoms. The topological polar surface area (TPSA) is 57.9 Å². The Morgan fingerprint density at radius 2 is 1.79 bits per heavy atom. The number of alkyl halides is 3. The maximum absolute atomic E-state index is 13.2. The standard InChI is InChI=1S/C19H17F3N4O2S/c1-12(27)24-5-7-25(8-6-24)17(28)15-16(26-9-10-29-18(26)23-15)13-3-2-4-14(11-13)19(20,21)22/h2-4,9-11H,5-8H2,1H3. The second-order valence-corrected chi connectivity index (χ2v) is 7.61. The summed E-state index contributed by atoms with van der Waals surface area (Å²) in [5.41, 5.74) is -0.0519. The molecule has 0 aliphatic carbocycles. The fraction of sp³-hybridized carbons (Fsp3) is 0.316. The third-order valence-corrected chi connectivity index (χ3v) is 5.70. The summed E-state index contributed by atoms with van der Waals surface area (Å²) in [6.45, 7) is 3.02. The van der Waals surface area contributed by atoms with Crippen LogP contribution >= 0.6 is 11.3 Å².